The molecule has 0 spiro atoms. The van der Waals surface area contributed by atoms with Gasteiger partial charge in [-0.3, -0.25) is 0 Å². The van der Waals surface area contributed by atoms with Crippen LogP contribution in [0.4, 0.5) is 17.1 Å². The first-order chi connectivity index (χ1) is 29.1. The van der Waals surface area contributed by atoms with Crippen molar-refractivity contribution in [3.05, 3.63) is 217 Å². The number of anilines is 3. The van der Waals surface area contributed by atoms with Crippen molar-refractivity contribution in [1.82, 2.24) is 4.57 Å². The Hall–Kier alpha value is -7.62. The predicted octanol–water partition coefficient (Wildman–Crippen LogP) is 15.8. The van der Waals surface area contributed by atoms with Gasteiger partial charge in [0, 0.05) is 38.6 Å². The van der Waals surface area contributed by atoms with E-state index in [9.17, 15) is 0 Å². The summed E-state index contributed by atoms with van der Waals surface area (Å²) in [4.78, 5) is 2.34. The number of nitrogens with zero attached hydrogens (tertiary/aromatic N) is 2. The molecule has 0 aliphatic carbocycles. The summed E-state index contributed by atoms with van der Waals surface area (Å²) in [5, 5.41) is 4.74. The molecule has 2 aromatic heterocycles. The van der Waals surface area contributed by atoms with Gasteiger partial charge in [-0.25, -0.2) is 0 Å². The van der Waals surface area contributed by atoms with Crippen LogP contribution in [0.15, 0.2) is 211 Å². The number of aromatic nitrogens is 1. The summed E-state index contributed by atoms with van der Waals surface area (Å²) in [6.07, 6.45) is 0. The van der Waals surface area contributed by atoms with Crippen molar-refractivity contribution in [2.24, 2.45) is 0 Å². The van der Waals surface area contributed by atoms with E-state index in [0.717, 1.165) is 44.7 Å². The molecule has 0 bridgehead atoms. The zero-order chi connectivity index (χ0) is 39.5. The summed E-state index contributed by atoms with van der Waals surface area (Å²) in [6, 6.07) is 74.2. The number of hydrogen-bond donors (Lipinski definition) is 0. The van der Waals surface area contributed by atoms with E-state index < -0.39 is 0 Å². The number of fused-ring (bicyclic) bond motifs is 6. The van der Waals surface area contributed by atoms with Crippen LogP contribution in [0, 0.1) is 13.8 Å². The molecule has 9 aromatic carbocycles. The Bertz CT molecular complexity index is 3340. The average Bonchev–Trinajstić information content (AvgIpc) is 3.84. The molecule has 0 unspecified atom stereocenters. The van der Waals surface area contributed by atoms with Crippen molar-refractivity contribution < 1.29 is 4.42 Å². The molecule has 0 N–H and O–H groups in total. The van der Waals surface area contributed by atoms with Gasteiger partial charge in [0.25, 0.3) is 0 Å². The molecule has 11 aromatic rings. The molecule has 0 saturated heterocycles. The lowest BCUT2D eigenvalue weighted by Crippen LogP contribution is -2.10. The second-order valence-electron chi connectivity index (χ2n) is 15.4. The Morgan fingerprint density at radius 3 is 1.83 bits per heavy atom. The van der Waals surface area contributed by atoms with Crippen molar-refractivity contribution in [2.45, 2.75) is 13.8 Å². The Labute approximate surface area is 343 Å². The summed E-state index contributed by atoms with van der Waals surface area (Å²) in [6.45, 7) is 4.45. The fourth-order valence-electron chi connectivity index (χ4n) is 8.96. The standard InChI is InChI=1S/C56H40N2O/c1-37-24-29-45(57(44-30-25-40(26-31-44)39-14-5-3-6-15-39)53-22-13-20-50-49-19-10-12-23-55(49)59-56(50)53)36-51(37)46-32-27-41(34-38(46)2)42-28-33-48-47-18-9-11-21-52(47)58(54(48)35-42)43-16-7-4-8-17-43/h3-36H,1-2H3. The first-order valence-corrected chi connectivity index (χ1v) is 20.3. The quantitative estimate of drug-likeness (QED) is 0.161. The minimum atomic E-state index is 0.867. The number of aryl methyl sites for hydroxylation is 2. The molecule has 0 radical (unpaired) electrons. The van der Waals surface area contributed by atoms with Crippen molar-refractivity contribution in [1.29, 1.82) is 0 Å². The van der Waals surface area contributed by atoms with Crippen LogP contribution < -0.4 is 4.90 Å². The number of para-hydroxylation sites is 4. The number of rotatable bonds is 7. The second kappa shape index (κ2) is 14.1. The zero-order valence-corrected chi connectivity index (χ0v) is 32.9. The molecule has 0 saturated carbocycles. The molecule has 0 aliphatic rings. The molecule has 0 aliphatic heterocycles. The lowest BCUT2D eigenvalue weighted by atomic mass is 9.92. The SMILES string of the molecule is Cc1cc(-c2ccc3c4ccccc4n(-c4ccccc4)c3c2)ccc1-c1cc(N(c2ccc(-c3ccccc3)cc2)c2cccc3c2oc2ccccc23)ccc1C. The van der Waals surface area contributed by atoms with Gasteiger partial charge in [0.05, 0.1) is 16.7 Å². The van der Waals surface area contributed by atoms with Crippen LogP contribution in [0.5, 0.6) is 0 Å². The zero-order valence-electron chi connectivity index (χ0n) is 32.9. The van der Waals surface area contributed by atoms with Gasteiger partial charge >= 0.3 is 0 Å². The Kier molecular flexibility index (Phi) is 8.27. The monoisotopic (exact) mass is 756 g/mol. The third-order valence-electron chi connectivity index (χ3n) is 11.9. The smallest absolute Gasteiger partial charge is 0.159 e. The fourth-order valence-corrected chi connectivity index (χ4v) is 8.96. The molecular weight excluding hydrogens is 717 g/mol. The van der Waals surface area contributed by atoms with Crippen molar-refractivity contribution in [3.63, 3.8) is 0 Å². The van der Waals surface area contributed by atoms with E-state index in [1.54, 1.807) is 0 Å². The van der Waals surface area contributed by atoms with E-state index in [-0.39, 0.29) is 0 Å². The van der Waals surface area contributed by atoms with Gasteiger partial charge in [0.1, 0.15) is 5.58 Å². The van der Waals surface area contributed by atoms with E-state index in [2.05, 4.69) is 224 Å². The fraction of sp³-hybridized carbons (Fsp3) is 0.0357. The van der Waals surface area contributed by atoms with Crippen molar-refractivity contribution in [2.75, 3.05) is 4.90 Å². The van der Waals surface area contributed by atoms with E-state index in [4.69, 9.17) is 4.42 Å². The van der Waals surface area contributed by atoms with Gasteiger partial charge in [0.15, 0.2) is 5.58 Å². The molecular formula is C56H40N2O. The van der Waals surface area contributed by atoms with Crippen LogP contribution in [0.25, 0.3) is 82.8 Å². The van der Waals surface area contributed by atoms with E-state index in [1.807, 2.05) is 6.07 Å². The molecule has 0 fully saturated rings. The number of hydrogen-bond acceptors (Lipinski definition) is 2. The normalized spacial score (nSPS) is 11.6. The predicted molar refractivity (Wildman–Crippen MR) is 249 cm³/mol. The highest BCUT2D eigenvalue weighted by atomic mass is 16.3. The molecule has 3 nitrogen and oxygen atoms in total. The van der Waals surface area contributed by atoms with Crippen LogP contribution in [0.3, 0.4) is 0 Å². The van der Waals surface area contributed by atoms with Crippen LogP contribution in [-0.4, -0.2) is 4.57 Å². The summed E-state index contributed by atoms with van der Waals surface area (Å²) in [5.74, 6) is 0. The highest BCUT2D eigenvalue weighted by molar-refractivity contribution is 6.11. The molecule has 11 rings (SSSR count). The second-order valence-corrected chi connectivity index (χ2v) is 15.4. The molecule has 3 heteroatoms. The van der Waals surface area contributed by atoms with Crippen molar-refractivity contribution >= 4 is 60.8 Å². The third kappa shape index (κ3) is 5.90. The Morgan fingerprint density at radius 1 is 0.390 bits per heavy atom. The Balaban J connectivity index is 1.02. The van der Waals surface area contributed by atoms with E-state index >= 15 is 0 Å². The van der Waals surface area contributed by atoms with Crippen LogP contribution in [0.2, 0.25) is 0 Å². The van der Waals surface area contributed by atoms with Gasteiger partial charge in [-0.05, 0) is 119 Å². The first-order valence-electron chi connectivity index (χ1n) is 20.3. The minimum Gasteiger partial charge on any atom is -0.454 e. The maximum Gasteiger partial charge on any atom is 0.159 e. The lowest BCUT2D eigenvalue weighted by Gasteiger charge is -2.27. The number of benzene rings is 9. The van der Waals surface area contributed by atoms with E-state index in [0.29, 0.717) is 0 Å². The van der Waals surface area contributed by atoms with Gasteiger partial charge in [-0.2, -0.15) is 0 Å². The lowest BCUT2D eigenvalue weighted by molar-refractivity contribution is 0.669. The topological polar surface area (TPSA) is 21.3 Å². The maximum atomic E-state index is 6.65. The number of furan rings is 1. The molecule has 0 amide bonds. The highest BCUT2D eigenvalue weighted by Crippen LogP contribution is 2.44. The molecule has 0 atom stereocenters. The highest BCUT2D eigenvalue weighted by Gasteiger charge is 2.21. The first kappa shape index (κ1) is 34.6. The maximum absolute atomic E-state index is 6.65. The Morgan fingerprint density at radius 2 is 1.02 bits per heavy atom. The molecule has 59 heavy (non-hydrogen) atoms. The summed E-state index contributed by atoms with van der Waals surface area (Å²) < 4.78 is 9.03. The molecule has 2 heterocycles. The van der Waals surface area contributed by atoms with Gasteiger partial charge in [0.2, 0.25) is 0 Å². The minimum absolute atomic E-state index is 0.867. The van der Waals surface area contributed by atoms with Crippen LogP contribution >= 0.6 is 0 Å². The molecule has 280 valence electrons. The average molecular weight is 757 g/mol. The van der Waals surface area contributed by atoms with E-state index in [1.165, 1.54) is 66.3 Å². The van der Waals surface area contributed by atoms with Crippen molar-refractivity contribution in [3.8, 4) is 39.1 Å². The van der Waals surface area contributed by atoms with Gasteiger partial charge in [-0.15, -0.1) is 0 Å². The largest absolute Gasteiger partial charge is 0.454 e. The summed E-state index contributed by atoms with van der Waals surface area (Å²) >= 11 is 0. The van der Waals surface area contributed by atoms with Crippen LogP contribution in [-0.2, 0) is 0 Å². The van der Waals surface area contributed by atoms with Gasteiger partial charge < -0.3 is 13.9 Å². The summed E-state index contributed by atoms with van der Waals surface area (Å²) in [7, 11) is 0. The third-order valence-corrected chi connectivity index (χ3v) is 11.9. The van der Waals surface area contributed by atoms with Crippen LogP contribution in [0.1, 0.15) is 11.1 Å². The summed E-state index contributed by atoms with van der Waals surface area (Å²) in [5.41, 5.74) is 18.1. The van der Waals surface area contributed by atoms with Gasteiger partial charge in [-0.1, -0.05) is 146 Å².